The zero-order chi connectivity index (χ0) is 27.6. The first kappa shape index (κ1) is 26.8. The average Bonchev–Trinajstić information content (AvgIpc) is 2.96. The lowest BCUT2D eigenvalue weighted by Crippen LogP contribution is -2.48. The number of piperidine rings is 2. The summed E-state index contributed by atoms with van der Waals surface area (Å²) in [6, 6.07) is 24.0. The van der Waals surface area contributed by atoms with Crippen LogP contribution in [0.15, 0.2) is 84.9 Å². The standard InChI is InChI=1S/C21H23FN2.C14H18N2/c1-16-14-21(23-20-5-3-2-4-19(16)20)10-12-24(13-11-21)15-17-6-8-18(22)9-7-17;1-11-10-14(6-8-15-9-7-14)16-13-5-3-2-4-12(11)13/h2-9,14,23H,10-13,15H2,1H3;2-5,10,15-16H,6-9H2,1H3. The molecule has 3 aromatic carbocycles. The molecule has 0 saturated carbocycles. The molecule has 0 amide bonds. The summed E-state index contributed by atoms with van der Waals surface area (Å²) in [4.78, 5) is 2.46. The summed E-state index contributed by atoms with van der Waals surface area (Å²) in [5.74, 6) is -0.165. The molecule has 0 aliphatic carbocycles. The fourth-order valence-electron chi connectivity index (χ4n) is 6.83. The monoisotopic (exact) mass is 536 g/mol. The van der Waals surface area contributed by atoms with E-state index >= 15 is 0 Å². The number of anilines is 2. The Balaban J connectivity index is 0.000000157. The van der Waals surface area contributed by atoms with Crippen molar-refractivity contribution in [2.24, 2.45) is 0 Å². The minimum atomic E-state index is -0.165. The maximum Gasteiger partial charge on any atom is 0.123 e. The second kappa shape index (κ2) is 11.2. The van der Waals surface area contributed by atoms with E-state index in [4.69, 9.17) is 0 Å². The number of hydrogen-bond acceptors (Lipinski definition) is 4. The van der Waals surface area contributed by atoms with Crippen molar-refractivity contribution in [3.63, 3.8) is 0 Å². The summed E-state index contributed by atoms with van der Waals surface area (Å²) >= 11 is 0. The van der Waals surface area contributed by atoms with E-state index in [9.17, 15) is 4.39 Å². The van der Waals surface area contributed by atoms with Crippen LogP contribution in [0.3, 0.4) is 0 Å². The fraction of sp³-hybridized carbons (Fsp3) is 0.371. The molecule has 0 atom stereocenters. The predicted octanol–water partition coefficient (Wildman–Crippen LogP) is 7.33. The van der Waals surface area contributed by atoms with Gasteiger partial charge in [0.1, 0.15) is 5.82 Å². The van der Waals surface area contributed by atoms with Crippen molar-refractivity contribution in [1.29, 1.82) is 0 Å². The number of rotatable bonds is 2. The molecular weight excluding hydrogens is 495 g/mol. The molecule has 2 spiro atoms. The van der Waals surface area contributed by atoms with Crippen molar-refractivity contribution >= 4 is 22.5 Å². The highest BCUT2D eigenvalue weighted by atomic mass is 19.1. The van der Waals surface area contributed by atoms with Gasteiger partial charge in [-0.05, 0) is 93.6 Å². The van der Waals surface area contributed by atoms with Gasteiger partial charge >= 0.3 is 0 Å². The van der Waals surface area contributed by atoms with Crippen LogP contribution in [0.2, 0.25) is 0 Å². The van der Waals surface area contributed by atoms with Gasteiger partial charge in [-0.25, -0.2) is 4.39 Å². The topological polar surface area (TPSA) is 39.3 Å². The van der Waals surface area contributed by atoms with Crippen molar-refractivity contribution < 1.29 is 4.39 Å². The third kappa shape index (κ3) is 5.72. The van der Waals surface area contributed by atoms with Crippen LogP contribution in [0.25, 0.3) is 11.1 Å². The number of benzene rings is 3. The van der Waals surface area contributed by atoms with Gasteiger partial charge in [0.25, 0.3) is 0 Å². The summed E-state index contributed by atoms with van der Waals surface area (Å²) in [5.41, 5.74) is 9.47. The van der Waals surface area contributed by atoms with E-state index in [0.717, 1.165) is 45.6 Å². The Kier molecular flexibility index (Phi) is 7.52. The smallest absolute Gasteiger partial charge is 0.123 e. The second-order valence-electron chi connectivity index (χ2n) is 12.0. The van der Waals surface area contributed by atoms with E-state index in [1.807, 2.05) is 12.1 Å². The zero-order valence-corrected chi connectivity index (χ0v) is 23.8. The molecule has 4 aliphatic heterocycles. The molecule has 4 nitrogen and oxygen atoms in total. The molecule has 208 valence electrons. The molecule has 0 bridgehead atoms. The van der Waals surface area contributed by atoms with Gasteiger partial charge < -0.3 is 16.0 Å². The third-order valence-electron chi connectivity index (χ3n) is 9.02. The predicted molar refractivity (Wildman–Crippen MR) is 166 cm³/mol. The van der Waals surface area contributed by atoms with E-state index in [1.165, 1.54) is 52.1 Å². The Labute approximate surface area is 238 Å². The van der Waals surface area contributed by atoms with Crippen LogP contribution in [0, 0.1) is 5.82 Å². The number of halogens is 1. The van der Waals surface area contributed by atoms with Crippen LogP contribution < -0.4 is 16.0 Å². The second-order valence-corrected chi connectivity index (χ2v) is 12.0. The van der Waals surface area contributed by atoms with E-state index < -0.39 is 0 Å². The molecule has 5 heteroatoms. The summed E-state index contributed by atoms with van der Waals surface area (Å²) in [5, 5.41) is 10.9. The van der Waals surface area contributed by atoms with Crippen LogP contribution in [0.5, 0.6) is 0 Å². The van der Waals surface area contributed by atoms with Crippen molar-refractivity contribution in [2.45, 2.75) is 57.2 Å². The van der Waals surface area contributed by atoms with Crippen LogP contribution in [-0.2, 0) is 6.54 Å². The first-order valence-corrected chi connectivity index (χ1v) is 14.7. The lowest BCUT2D eigenvalue weighted by atomic mass is 9.81. The van der Waals surface area contributed by atoms with E-state index in [2.05, 4.69) is 95.4 Å². The lowest BCUT2D eigenvalue weighted by molar-refractivity contribution is 0.186. The van der Waals surface area contributed by atoms with Gasteiger partial charge in [-0.15, -0.1) is 0 Å². The van der Waals surface area contributed by atoms with E-state index in [-0.39, 0.29) is 16.9 Å². The van der Waals surface area contributed by atoms with Crippen LogP contribution in [-0.4, -0.2) is 42.2 Å². The first-order chi connectivity index (χ1) is 19.4. The molecule has 3 aromatic rings. The van der Waals surface area contributed by atoms with Gasteiger partial charge in [-0.1, -0.05) is 60.7 Å². The molecule has 0 aromatic heterocycles. The molecular formula is C35H41FN4. The van der Waals surface area contributed by atoms with Crippen molar-refractivity contribution in [1.82, 2.24) is 10.2 Å². The van der Waals surface area contributed by atoms with Crippen LogP contribution in [0.1, 0.15) is 56.2 Å². The molecule has 0 radical (unpaired) electrons. The van der Waals surface area contributed by atoms with Gasteiger partial charge in [0.05, 0.1) is 11.1 Å². The van der Waals surface area contributed by atoms with Crippen molar-refractivity contribution in [3.05, 3.63) is 107 Å². The maximum absolute atomic E-state index is 13.0. The number of nitrogens with one attached hydrogen (secondary N) is 3. The molecule has 4 heterocycles. The molecule has 7 rings (SSSR count). The van der Waals surface area contributed by atoms with Gasteiger partial charge in [0.15, 0.2) is 0 Å². The summed E-state index contributed by atoms with van der Waals surface area (Å²) < 4.78 is 13.0. The number of fused-ring (bicyclic) bond motifs is 2. The fourth-order valence-corrected chi connectivity index (χ4v) is 6.83. The zero-order valence-electron chi connectivity index (χ0n) is 23.8. The Bertz CT molecular complexity index is 1390. The minimum absolute atomic E-state index is 0.0811. The van der Waals surface area contributed by atoms with Crippen LogP contribution in [0.4, 0.5) is 15.8 Å². The Morgan fingerprint density at radius 3 is 1.73 bits per heavy atom. The molecule has 3 N–H and O–H groups in total. The van der Waals surface area contributed by atoms with Gasteiger partial charge in [-0.3, -0.25) is 4.90 Å². The molecule has 2 fully saturated rings. The Morgan fingerprint density at radius 2 is 1.18 bits per heavy atom. The first-order valence-electron chi connectivity index (χ1n) is 14.7. The summed E-state index contributed by atoms with van der Waals surface area (Å²) in [6.45, 7) is 9.66. The van der Waals surface area contributed by atoms with Gasteiger partial charge in [0, 0.05) is 42.1 Å². The number of hydrogen-bond donors (Lipinski definition) is 3. The highest BCUT2D eigenvalue weighted by Gasteiger charge is 2.36. The van der Waals surface area contributed by atoms with Crippen molar-refractivity contribution in [2.75, 3.05) is 36.8 Å². The quantitative estimate of drug-likeness (QED) is 0.321. The molecule has 4 aliphatic rings. The number of likely N-dealkylation sites (tertiary alicyclic amines) is 1. The summed E-state index contributed by atoms with van der Waals surface area (Å²) in [6.07, 6.45) is 9.40. The SMILES string of the molecule is CC1=CC2(CCN(Cc3ccc(F)cc3)CC2)Nc2ccccc21.CC1=CC2(CCNCC2)Nc2ccccc21. The van der Waals surface area contributed by atoms with Crippen molar-refractivity contribution in [3.8, 4) is 0 Å². The largest absolute Gasteiger partial charge is 0.376 e. The third-order valence-corrected chi connectivity index (χ3v) is 9.02. The maximum atomic E-state index is 13.0. The average molecular weight is 537 g/mol. The molecule has 2 saturated heterocycles. The Morgan fingerprint density at radius 1 is 0.675 bits per heavy atom. The highest BCUT2D eigenvalue weighted by molar-refractivity contribution is 5.81. The number of nitrogens with zero attached hydrogens (tertiary/aromatic N) is 1. The van der Waals surface area contributed by atoms with E-state index in [0.29, 0.717) is 0 Å². The Hall–Kier alpha value is -3.41. The number of para-hydroxylation sites is 2. The molecule has 0 unspecified atom stereocenters. The van der Waals surface area contributed by atoms with Crippen LogP contribution >= 0.6 is 0 Å². The van der Waals surface area contributed by atoms with Gasteiger partial charge in [-0.2, -0.15) is 0 Å². The highest BCUT2D eigenvalue weighted by Crippen LogP contribution is 2.39. The molecule has 40 heavy (non-hydrogen) atoms. The summed E-state index contributed by atoms with van der Waals surface area (Å²) in [7, 11) is 0. The van der Waals surface area contributed by atoms with Gasteiger partial charge in [0.2, 0.25) is 0 Å². The normalized spacial score (nSPS) is 20.6. The van der Waals surface area contributed by atoms with E-state index in [1.54, 1.807) is 12.1 Å². The lowest BCUT2D eigenvalue weighted by Gasteiger charge is -2.44. The minimum Gasteiger partial charge on any atom is -0.376 e. The number of allylic oxidation sites excluding steroid dienone is 2.